The molecule has 0 bridgehead atoms. The normalized spacial score (nSPS) is 10.4. The van der Waals surface area contributed by atoms with Crippen molar-refractivity contribution in [3.63, 3.8) is 0 Å². The van der Waals surface area contributed by atoms with Crippen LogP contribution in [0.4, 0.5) is 5.69 Å². The largest absolute Gasteiger partial charge is 0.497 e. The van der Waals surface area contributed by atoms with Gasteiger partial charge < -0.3 is 15.2 Å². The number of hydrogen-bond acceptors (Lipinski definition) is 4. The second kappa shape index (κ2) is 8.24. The summed E-state index contributed by atoms with van der Waals surface area (Å²) in [5, 5.41) is 12.6. The number of carboxylic acids is 1. The van der Waals surface area contributed by atoms with Crippen molar-refractivity contribution in [2.45, 2.75) is 6.42 Å². The number of amides is 1. The Kier molecular flexibility index (Phi) is 5.78. The second-order valence-corrected chi connectivity index (χ2v) is 7.21. The molecule has 5 nitrogen and oxygen atoms in total. The van der Waals surface area contributed by atoms with E-state index in [4.69, 9.17) is 16.3 Å². The van der Waals surface area contributed by atoms with Crippen LogP contribution in [-0.2, 0) is 11.2 Å². The third-order valence-electron chi connectivity index (χ3n) is 3.83. The van der Waals surface area contributed by atoms with Crippen LogP contribution in [0.3, 0.4) is 0 Å². The van der Waals surface area contributed by atoms with Gasteiger partial charge in [0.2, 0.25) is 0 Å². The number of carboxylic acid groups (broad SMARTS) is 1. The lowest BCUT2D eigenvalue weighted by Crippen LogP contribution is -2.10. The molecule has 2 N–H and O–H groups in total. The van der Waals surface area contributed by atoms with Crippen molar-refractivity contribution in [1.82, 2.24) is 0 Å². The number of aliphatic carboxylic acids is 1. The smallest absolute Gasteiger partial charge is 0.307 e. The number of carbonyl (C=O) groups excluding carboxylic acids is 1. The first kappa shape index (κ1) is 18.9. The van der Waals surface area contributed by atoms with Crippen LogP contribution in [0.1, 0.15) is 15.2 Å². The molecule has 0 aliphatic rings. The Morgan fingerprint density at radius 1 is 1.11 bits per heavy atom. The van der Waals surface area contributed by atoms with Crippen molar-refractivity contribution in [1.29, 1.82) is 0 Å². The average molecular weight is 402 g/mol. The topological polar surface area (TPSA) is 75.6 Å². The van der Waals surface area contributed by atoms with Crippen molar-refractivity contribution in [3.05, 3.63) is 70.1 Å². The lowest BCUT2D eigenvalue weighted by atomic mass is 10.1. The minimum Gasteiger partial charge on any atom is -0.497 e. The Hall–Kier alpha value is -2.83. The van der Waals surface area contributed by atoms with Crippen LogP contribution in [0, 0.1) is 0 Å². The average Bonchev–Trinajstić information content (AvgIpc) is 3.06. The Labute approximate surface area is 165 Å². The molecule has 1 amide bonds. The molecule has 1 heterocycles. The van der Waals surface area contributed by atoms with Crippen molar-refractivity contribution < 1.29 is 19.4 Å². The molecule has 27 heavy (non-hydrogen) atoms. The molecule has 0 fully saturated rings. The monoisotopic (exact) mass is 401 g/mol. The summed E-state index contributed by atoms with van der Waals surface area (Å²) in [4.78, 5) is 25.0. The Balaban J connectivity index is 1.89. The molecular formula is C20H16ClNO4S. The zero-order valence-corrected chi connectivity index (χ0v) is 15.9. The van der Waals surface area contributed by atoms with E-state index in [2.05, 4.69) is 5.32 Å². The molecule has 1 aromatic heterocycles. The Morgan fingerprint density at radius 2 is 1.78 bits per heavy atom. The SMILES string of the molecule is COc1ccc(NC(=O)c2cc(CC(=O)O)c(-c3ccc(Cl)cc3)s2)cc1. The van der Waals surface area contributed by atoms with Gasteiger partial charge in [0.1, 0.15) is 5.75 Å². The highest BCUT2D eigenvalue weighted by Crippen LogP contribution is 2.34. The zero-order valence-electron chi connectivity index (χ0n) is 14.4. The number of nitrogens with one attached hydrogen (secondary N) is 1. The number of rotatable bonds is 6. The first-order chi connectivity index (χ1) is 13.0. The summed E-state index contributed by atoms with van der Waals surface area (Å²) < 4.78 is 5.10. The van der Waals surface area contributed by atoms with Gasteiger partial charge in [-0.25, -0.2) is 0 Å². The molecule has 0 radical (unpaired) electrons. The first-order valence-corrected chi connectivity index (χ1v) is 9.21. The van der Waals surface area contributed by atoms with Crippen LogP contribution in [0.2, 0.25) is 5.02 Å². The molecule has 0 unspecified atom stereocenters. The Morgan fingerprint density at radius 3 is 2.37 bits per heavy atom. The number of halogens is 1. The van der Waals surface area contributed by atoms with Crippen molar-refractivity contribution in [3.8, 4) is 16.2 Å². The number of ether oxygens (including phenoxy) is 1. The second-order valence-electron chi connectivity index (χ2n) is 5.73. The maximum Gasteiger partial charge on any atom is 0.307 e. The molecule has 7 heteroatoms. The van der Waals surface area contributed by atoms with Gasteiger partial charge in [-0.15, -0.1) is 11.3 Å². The number of thiophene rings is 1. The summed E-state index contributed by atoms with van der Waals surface area (Å²) in [5.74, 6) is -0.556. The van der Waals surface area contributed by atoms with E-state index < -0.39 is 5.97 Å². The maximum absolute atomic E-state index is 12.6. The van der Waals surface area contributed by atoms with Crippen LogP contribution in [0.25, 0.3) is 10.4 Å². The maximum atomic E-state index is 12.6. The molecule has 2 aromatic carbocycles. The highest BCUT2D eigenvalue weighted by molar-refractivity contribution is 7.17. The third kappa shape index (κ3) is 4.67. The fourth-order valence-electron chi connectivity index (χ4n) is 2.55. The van der Waals surface area contributed by atoms with Gasteiger partial charge in [-0.1, -0.05) is 23.7 Å². The van der Waals surface area contributed by atoms with Crippen molar-refractivity contribution >= 4 is 40.5 Å². The molecule has 138 valence electrons. The summed E-state index contributed by atoms with van der Waals surface area (Å²) in [6, 6.07) is 15.7. The van der Waals surface area contributed by atoms with E-state index in [1.54, 1.807) is 49.6 Å². The Bertz CT molecular complexity index is 965. The molecular weight excluding hydrogens is 386 g/mol. The van der Waals surface area contributed by atoms with Crippen molar-refractivity contribution in [2.75, 3.05) is 12.4 Å². The highest BCUT2D eigenvalue weighted by atomic mass is 35.5. The predicted molar refractivity (Wildman–Crippen MR) is 107 cm³/mol. The minimum atomic E-state index is -0.954. The van der Waals surface area contributed by atoms with Crippen LogP contribution >= 0.6 is 22.9 Å². The minimum absolute atomic E-state index is 0.162. The van der Waals surface area contributed by atoms with E-state index in [9.17, 15) is 14.7 Å². The van der Waals surface area contributed by atoms with E-state index in [0.29, 0.717) is 26.9 Å². The standard InChI is InChI=1S/C20H16ClNO4S/c1-26-16-8-6-15(7-9-16)22-20(25)17-10-13(11-18(23)24)19(27-17)12-2-4-14(21)5-3-12/h2-10H,11H2,1H3,(H,22,25)(H,23,24). The predicted octanol–water partition coefficient (Wildman–Crippen LogP) is 4.96. The summed E-state index contributed by atoms with van der Waals surface area (Å²) in [5.41, 5.74) is 2.04. The number of hydrogen-bond donors (Lipinski definition) is 2. The molecule has 0 aliphatic carbocycles. The molecule has 0 saturated carbocycles. The number of carbonyl (C=O) groups is 2. The van der Waals surface area contributed by atoms with Crippen LogP contribution in [0.5, 0.6) is 5.75 Å². The van der Waals surface area contributed by atoms with Crippen LogP contribution in [0.15, 0.2) is 54.6 Å². The van der Waals surface area contributed by atoms with E-state index in [0.717, 1.165) is 10.4 Å². The molecule has 0 atom stereocenters. The zero-order chi connectivity index (χ0) is 19.4. The summed E-state index contributed by atoms with van der Waals surface area (Å²) in [7, 11) is 1.57. The fourth-order valence-corrected chi connectivity index (χ4v) is 3.75. The highest BCUT2D eigenvalue weighted by Gasteiger charge is 2.18. The van der Waals surface area contributed by atoms with E-state index in [-0.39, 0.29) is 12.3 Å². The van der Waals surface area contributed by atoms with Gasteiger partial charge in [0.05, 0.1) is 18.4 Å². The first-order valence-electron chi connectivity index (χ1n) is 8.02. The third-order valence-corrected chi connectivity index (χ3v) is 5.31. The molecule has 3 rings (SSSR count). The van der Waals surface area contributed by atoms with E-state index in [1.807, 2.05) is 12.1 Å². The van der Waals surface area contributed by atoms with Crippen molar-refractivity contribution in [2.24, 2.45) is 0 Å². The summed E-state index contributed by atoms with van der Waals surface area (Å²) in [6.45, 7) is 0. The number of anilines is 1. The van der Waals surface area contributed by atoms with Gasteiger partial charge in [-0.05, 0) is 53.6 Å². The quantitative estimate of drug-likeness (QED) is 0.612. The van der Waals surface area contributed by atoms with Gasteiger partial charge in [-0.2, -0.15) is 0 Å². The van der Waals surface area contributed by atoms with Gasteiger partial charge in [0, 0.05) is 15.6 Å². The van der Waals surface area contributed by atoms with Gasteiger partial charge >= 0.3 is 5.97 Å². The van der Waals surface area contributed by atoms with E-state index in [1.165, 1.54) is 11.3 Å². The van der Waals surface area contributed by atoms with Gasteiger partial charge in [-0.3, -0.25) is 9.59 Å². The number of benzene rings is 2. The van der Waals surface area contributed by atoms with E-state index >= 15 is 0 Å². The fraction of sp³-hybridized carbons (Fsp3) is 0.100. The van der Waals surface area contributed by atoms with Crippen LogP contribution < -0.4 is 10.1 Å². The summed E-state index contributed by atoms with van der Waals surface area (Å²) >= 11 is 7.18. The molecule has 0 spiro atoms. The lowest BCUT2D eigenvalue weighted by molar-refractivity contribution is -0.136. The molecule has 0 aliphatic heterocycles. The summed E-state index contributed by atoms with van der Waals surface area (Å²) in [6.07, 6.45) is -0.162. The lowest BCUT2D eigenvalue weighted by Gasteiger charge is -2.04. The molecule has 3 aromatic rings. The van der Waals surface area contributed by atoms with Gasteiger partial charge in [0.15, 0.2) is 0 Å². The van der Waals surface area contributed by atoms with Crippen LogP contribution in [-0.4, -0.2) is 24.1 Å². The van der Waals surface area contributed by atoms with Gasteiger partial charge in [0.25, 0.3) is 5.91 Å². The number of methoxy groups -OCH3 is 1. The molecule has 0 saturated heterocycles.